The molecule has 0 aliphatic heterocycles. The number of nitrogens with zero attached hydrogens (tertiary/aromatic N) is 3. The number of anilines is 6. The Bertz CT molecular complexity index is 3940. The number of benzene rings is 11. The van der Waals surface area contributed by atoms with Crippen LogP contribution in [0.5, 0.6) is 0 Å². The molecule has 11 aromatic carbocycles. The predicted molar refractivity (Wildman–Crippen MR) is 278 cm³/mol. The number of hydrogen-bond acceptors (Lipinski definition) is 3. The standard InChI is InChI=1S/C62H41N3O/c1-4-22-46(23-5-1)63(55-32-16-20-42-18-10-12-28-50(42)55)49-40-59(65(48-26-8-3-9-27-48)56-33-17-21-43-19-11-13-29-51(43)56)62-54-38-44(35-37-60(54)66-61(62)41-49)45-34-36-53-52-30-14-15-31-57(52)64(58(53)39-45)47-24-6-2-7-25-47/h1-41H. The number of furan rings is 1. The second-order valence-corrected chi connectivity index (χ2v) is 16.9. The summed E-state index contributed by atoms with van der Waals surface area (Å²) in [4.78, 5) is 4.80. The van der Waals surface area contributed by atoms with Crippen molar-refractivity contribution in [1.29, 1.82) is 0 Å². The zero-order chi connectivity index (χ0) is 43.6. The molecule has 310 valence electrons. The van der Waals surface area contributed by atoms with Gasteiger partial charge in [-0.1, -0.05) is 164 Å². The minimum Gasteiger partial charge on any atom is -0.456 e. The summed E-state index contributed by atoms with van der Waals surface area (Å²) in [5, 5.41) is 9.23. The Morgan fingerprint density at radius 1 is 0.303 bits per heavy atom. The van der Waals surface area contributed by atoms with Crippen molar-refractivity contribution in [3.05, 3.63) is 249 Å². The highest BCUT2D eigenvalue weighted by molar-refractivity contribution is 6.17. The molecule has 4 nitrogen and oxygen atoms in total. The van der Waals surface area contributed by atoms with Gasteiger partial charge in [-0.15, -0.1) is 0 Å². The monoisotopic (exact) mass is 843 g/mol. The molecule has 4 heteroatoms. The number of hydrogen-bond donors (Lipinski definition) is 0. The highest BCUT2D eigenvalue weighted by Gasteiger charge is 2.26. The summed E-state index contributed by atoms with van der Waals surface area (Å²) >= 11 is 0. The van der Waals surface area contributed by atoms with Crippen LogP contribution in [0.3, 0.4) is 0 Å². The van der Waals surface area contributed by atoms with Crippen molar-refractivity contribution >= 4 is 99.4 Å². The molecule has 0 aliphatic carbocycles. The highest BCUT2D eigenvalue weighted by atomic mass is 16.3. The third-order valence-electron chi connectivity index (χ3n) is 13.1. The molecule has 13 rings (SSSR count). The van der Waals surface area contributed by atoms with E-state index in [0.717, 1.165) is 83.6 Å². The first-order valence-corrected chi connectivity index (χ1v) is 22.5. The molecule has 2 heterocycles. The molecule has 66 heavy (non-hydrogen) atoms. The van der Waals surface area contributed by atoms with Crippen molar-refractivity contribution in [2.75, 3.05) is 9.80 Å². The molecule has 0 saturated heterocycles. The van der Waals surface area contributed by atoms with Gasteiger partial charge in [-0.2, -0.15) is 0 Å². The van der Waals surface area contributed by atoms with Crippen molar-refractivity contribution in [2.45, 2.75) is 0 Å². The van der Waals surface area contributed by atoms with Crippen LogP contribution in [0, 0.1) is 0 Å². The summed E-state index contributed by atoms with van der Waals surface area (Å²) in [6, 6.07) is 89.4. The van der Waals surface area contributed by atoms with Crippen molar-refractivity contribution in [1.82, 2.24) is 4.57 Å². The average molecular weight is 844 g/mol. The van der Waals surface area contributed by atoms with E-state index in [0.29, 0.717) is 0 Å². The van der Waals surface area contributed by atoms with E-state index in [1.54, 1.807) is 0 Å². The van der Waals surface area contributed by atoms with E-state index in [1.165, 1.54) is 32.6 Å². The molecule has 0 spiro atoms. The lowest BCUT2D eigenvalue weighted by Gasteiger charge is -2.31. The molecule has 0 saturated carbocycles. The van der Waals surface area contributed by atoms with Gasteiger partial charge in [0.25, 0.3) is 0 Å². The Kier molecular flexibility index (Phi) is 8.81. The molecule has 0 bridgehead atoms. The van der Waals surface area contributed by atoms with E-state index in [1.807, 2.05) is 0 Å². The number of rotatable bonds is 8. The number of para-hydroxylation sites is 4. The molecule has 0 fully saturated rings. The molecule has 13 aromatic rings. The normalized spacial score (nSPS) is 11.6. The molecular weight excluding hydrogens is 803 g/mol. The summed E-state index contributed by atoms with van der Waals surface area (Å²) in [5.74, 6) is 0. The first-order valence-electron chi connectivity index (χ1n) is 22.5. The van der Waals surface area contributed by atoms with Crippen molar-refractivity contribution < 1.29 is 4.42 Å². The van der Waals surface area contributed by atoms with Crippen LogP contribution in [0.4, 0.5) is 34.1 Å². The SMILES string of the molecule is c1ccc(N(c2cc(N(c3ccccc3)c3cccc4ccccc34)c3c(c2)oc2ccc(-c4ccc5c6ccccc6n(-c6ccccc6)c5c4)cc23)c2cccc3ccccc23)cc1. The molecule has 0 radical (unpaired) electrons. The summed E-state index contributed by atoms with van der Waals surface area (Å²) in [6.07, 6.45) is 0. The summed E-state index contributed by atoms with van der Waals surface area (Å²) in [7, 11) is 0. The average Bonchev–Trinajstić information content (AvgIpc) is 3.93. The van der Waals surface area contributed by atoms with Gasteiger partial charge in [0.1, 0.15) is 11.2 Å². The maximum Gasteiger partial charge on any atom is 0.139 e. The molecule has 0 amide bonds. The second kappa shape index (κ2) is 15.4. The fourth-order valence-electron chi connectivity index (χ4n) is 10.2. The Labute approximate surface area is 382 Å². The van der Waals surface area contributed by atoms with E-state index in [4.69, 9.17) is 4.42 Å². The molecular formula is C62H41N3O. The summed E-state index contributed by atoms with van der Waals surface area (Å²) in [6.45, 7) is 0. The van der Waals surface area contributed by atoms with E-state index in [-0.39, 0.29) is 0 Å². The molecule has 0 atom stereocenters. The zero-order valence-corrected chi connectivity index (χ0v) is 35.9. The fourth-order valence-corrected chi connectivity index (χ4v) is 10.2. The maximum atomic E-state index is 7.07. The Balaban J connectivity index is 1.10. The van der Waals surface area contributed by atoms with Crippen molar-refractivity contribution in [3.63, 3.8) is 0 Å². The van der Waals surface area contributed by atoms with E-state index < -0.39 is 0 Å². The largest absolute Gasteiger partial charge is 0.456 e. The second-order valence-electron chi connectivity index (χ2n) is 16.9. The van der Waals surface area contributed by atoms with Gasteiger partial charge in [0.15, 0.2) is 0 Å². The molecule has 0 N–H and O–H groups in total. The van der Waals surface area contributed by atoms with E-state index in [9.17, 15) is 0 Å². The fraction of sp³-hybridized carbons (Fsp3) is 0. The van der Waals surface area contributed by atoms with Crippen LogP contribution in [0.15, 0.2) is 253 Å². The smallest absolute Gasteiger partial charge is 0.139 e. The van der Waals surface area contributed by atoms with E-state index >= 15 is 0 Å². The zero-order valence-electron chi connectivity index (χ0n) is 35.9. The summed E-state index contributed by atoms with van der Waals surface area (Å²) < 4.78 is 9.46. The van der Waals surface area contributed by atoms with Gasteiger partial charge < -0.3 is 18.8 Å². The summed E-state index contributed by atoms with van der Waals surface area (Å²) in [5.41, 5.74) is 13.7. The number of fused-ring (bicyclic) bond motifs is 8. The van der Waals surface area contributed by atoms with Crippen LogP contribution in [0.25, 0.3) is 82.1 Å². The van der Waals surface area contributed by atoms with Gasteiger partial charge in [-0.05, 0) is 101 Å². The third kappa shape index (κ3) is 6.15. The topological polar surface area (TPSA) is 24.6 Å². The van der Waals surface area contributed by atoms with Crippen molar-refractivity contribution in [2.24, 2.45) is 0 Å². The lowest BCUT2D eigenvalue weighted by atomic mass is 9.99. The molecule has 0 aliphatic rings. The van der Waals surface area contributed by atoms with Gasteiger partial charge in [0, 0.05) is 50.1 Å². The minimum atomic E-state index is 0.802. The van der Waals surface area contributed by atoms with Crippen LogP contribution in [-0.4, -0.2) is 4.57 Å². The van der Waals surface area contributed by atoms with Crippen LogP contribution in [-0.2, 0) is 0 Å². The van der Waals surface area contributed by atoms with Gasteiger partial charge in [-0.3, -0.25) is 0 Å². The molecule has 2 aromatic heterocycles. The first kappa shape index (κ1) is 37.7. The highest BCUT2D eigenvalue weighted by Crippen LogP contribution is 2.50. The van der Waals surface area contributed by atoms with Crippen LogP contribution in [0.2, 0.25) is 0 Å². The van der Waals surface area contributed by atoms with Crippen LogP contribution in [0.1, 0.15) is 0 Å². The van der Waals surface area contributed by atoms with Gasteiger partial charge in [0.2, 0.25) is 0 Å². The Hall–Kier alpha value is -8.86. The maximum absolute atomic E-state index is 7.07. The Morgan fingerprint density at radius 3 is 1.53 bits per heavy atom. The van der Waals surface area contributed by atoms with Crippen molar-refractivity contribution in [3.8, 4) is 16.8 Å². The molecule has 0 unspecified atom stereocenters. The lowest BCUT2D eigenvalue weighted by Crippen LogP contribution is -2.14. The number of aromatic nitrogens is 1. The van der Waals surface area contributed by atoms with Gasteiger partial charge >= 0.3 is 0 Å². The predicted octanol–water partition coefficient (Wildman–Crippen LogP) is 17.6. The lowest BCUT2D eigenvalue weighted by molar-refractivity contribution is 0.669. The third-order valence-corrected chi connectivity index (χ3v) is 13.1. The quantitative estimate of drug-likeness (QED) is 0.152. The van der Waals surface area contributed by atoms with Gasteiger partial charge in [-0.25, -0.2) is 0 Å². The van der Waals surface area contributed by atoms with Crippen LogP contribution < -0.4 is 9.80 Å². The van der Waals surface area contributed by atoms with E-state index in [2.05, 4.69) is 263 Å². The van der Waals surface area contributed by atoms with Gasteiger partial charge in [0.05, 0.1) is 39.2 Å². The van der Waals surface area contributed by atoms with Crippen LogP contribution >= 0.6 is 0 Å². The first-order chi connectivity index (χ1) is 32.7. The minimum absolute atomic E-state index is 0.802. The Morgan fingerprint density at radius 2 is 0.833 bits per heavy atom.